The number of halogens is 1. The van der Waals surface area contributed by atoms with Crippen LogP contribution >= 0.6 is 22.6 Å². The van der Waals surface area contributed by atoms with E-state index in [1.165, 1.54) is 19.3 Å². The van der Waals surface area contributed by atoms with Crippen LogP contribution in [-0.2, 0) is 14.8 Å². The van der Waals surface area contributed by atoms with E-state index in [4.69, 9.17) is 5.11 Å². The molecule has 3 rings (SSSR count). The second kappa shape index (κ2) is 9.05. The third-order valence-electron chi connectivity index (χ3n) is 5.91. The van der Waals surface area contributed by atoms with Gasteiger partial charge >= 0.3 is 5.97 Å². The lowest BCUT2D eigenvalue weighted by atomic mass is 9.79. The number of aliphatic carboxylic acids is 1. The normalized spacial score (nSPS) is 27.4. The zero-order chi connectivity index (χ0) is 19.4. The Balaban J connectivity index is 1.61. The molecule has 0 saturated heterocycles. The fourth-order valence-corrected chi connectivity index (χ4v) is 7.04. The van der Waals surface area contributed by atoms with Crippen LogP contribution in [0.3, 0.4) is 0 Å². The summed E-state index contributed by atoms with van der Waals surface area (Å²) in [7, 11) is -3.50. The quantitative estimate of drug-likeness (QED) is 0.303. The second-order valence-corrected chi connectivity index (χ2v) is 10.5. The number of unbranched alkanes of at least 4 members (excludes halogenated alkanes) is 1. The van der Waals surface area contributed by atoms with Gasteiger partial charge in [-0.1, -0.05) is 24.3 Å². The van der Waals surface area contributed by atoms with Crippen molar-refractivity contribution in [1.82, 2.24) is 4.72 Å². The fraction of sp³-hybridized carbons (Fsp3) is 0.550. The van der Waals surface area contributed by atoms with Crippen molar-refractivity contribution in [2.24, 2.45) is 23.7 Å². The van der Waals surface area contributed by atoms with Crippen molar-refractivity contribution in [1.29, 1.82) is 0 Å². The summed E-state index contributed by atoms with van der Waals surface area (Å²) in [5.41, 5.74) is 0. The van der Waals surface area contributed by atoms with Crippen molar-refractivity contribution in [2.75, 3.05) is 6.54 Å². The number of sulfonamides is 1. The maximum atomic E-state index is 12.7. The first-order valence-electron chi connectivity index (χ1n) is 9.51. The Hall–Kier alpha value is -0.930. The van der Waals surface area contributed by atoms with Crippen molar-refractivity contribution in [3.8, 4) is 0 Å². The summed E-state index contributed by atoms with van der Waals surface area (Å²) < 4.78 is 29.0. The monoisotopic (exact) mass is 503 g/mol. The predicted octanol–water partition coefficient (Wildman–Crippen LogP) is 4.04. The van der Waals surface area contributed by atoms with E-state index >= 15 is 0 Å². The Morgan fingerprint density at radius 1 is 1.26 bits per heavy atom. The van der Waals surface area contributed by atoms with Gasteiger partial charge in [-0.3, -0.25) is 4.79 Å². The smallest absolute Gasteiger partial charge is 0.303 e. The van der Waals surface area contributed by atoms with Crippen LogP contribution in [-0.4, -0.2) is 26.0 Å². The number of carboxylic acid groups (broad SMARTS) is 1. The summed E-state index contributed by atoms with van der Waals surface area (Å²) >= 11 is 2.05. The minimum absolute atomic E-state index is 0.194. The molecule has 0 spiro atoms. The number of benzene rings is 1. The topological polar surface area (TPSA) is 83.5 Å². The Morgan fingerprint density at radius 2 is 2.00 bits per heavy atom. The third kappa shape index (κ3) is 5.12. The van der Waals surface area contributed by atoms with Gasteiger partial charge in [-0.05, 0) is 90.5 Å². The molecular formula is C20H26INO4S. The van der Waals surface area contributed by atoms with Gasteiger partial charge in [-0.25, -0.2) is 13.1 Å². The highest BCUT2D eigenvalue weighted by Crippen LogP contribution is 2.52. The molecule has 4 atom stereocenters. The summed E-state index contributed by atoms with van der Waals surface area (Å²) in [6, 6.07) is 7.03. The Labute approximate surface area is 174 Å². The number of hydrogen-bond donors (Lipinski definition) is 2. The van der Waals surface area contributed by atoms with Crippen molar-refractivity contribution in [2.45, 2.75) is 43.4 Å². The Morgan fingerprint density at radius 3 is 2.74 bits per heavy atom. The molecule has 1 aromatic carbocycles. The summed E-state index contributed by atoms with van der Waals surface area (Å²) in [5.74, 6) is 1.19. The van der Waals surface area contributed by atoms with E-state index in [1.807, 2.05) is 6.07 Å². The van der Waals surface area contributed by atoms with Crippen LogP contribution in [0.15, 0.2) is 41.3 Å². The van der Waals surface area contributed by atoms with Crippen molar-refractivity contribution in [3.63, 3.8) is 0 Å². The molecule has 2 aliphatic rings. The van der Waals surface area contributed by atoms with Crippen molar-refractivity contribution < 1.29 is 18.3 Å². The minimum Gasteiger partial charge on any atom is -0.481 e. The van der Waals surface area contributed by atoms with Crippen LogP contribution in [0.4, 0.5) is 0 Å². The van der Waals surface area contributed by atoms with Crippen LogP contribution in [0, 0.1) is 27.2 Å². The number of nitrogens with one attached hydrogen (secondary N) is 1. The van der Waals surface area contributed by atoms with Crippen molar-refractivity contribution in [3.05, 3.63) is 40.0 Å². The molecule has 7 heteroatoms. The average Bonchev–Trinajstić information content (AvgIpc) is 3.21. The molecular weight excluding hydrogens is 477 g/mol. The largest absolute Gasteiger partial charge is 0.481 e. The molecule has 0 heterocycles. The van der Waals surface area contributed by atoms with E-state index < -0.39 is 16.0 Å². The first kappa shape index (κ1) is 20.8. The molecule has 2 fully saturated rings. The van der Waals surface area contributed by atoms with Crippen LogP contribution < -0.4 is 4.72 Å². The third-order valence-corrected chi connectivity index (χ3v) is 8.70. The minimum atomic E-state index is -3.50. The summed E-state index contributed by atoms with van der Waals surface area (Å²) in [6.07, 6.45) is 9.50. The van der Waals surface area contributed by atoms with E-state index in [1.54, 1.807) is 18.2 Å². The number of carbonyl (C=O) groups is 1. The van der Waals surface area contributed by atoms with Crippen LogP contribution in [0.25, 0.3) is 0 Å². The van der Waals surface area contributed by atoms with E-state index in [0.717, 1.165) is 9.99 Å². The number of allylic oxidation sites excluding steroid dienone is 2. The zero-order valence-corrected chi connectivity index (χ0v) is 18.2. The van der Waals surface area contributed by atoms with Crippen molar-refractivity contribution >= 4 is 38.6 Å². The number of fused-ring (bicyclic) bond motifs is 2. The molecule has 0 radical (unpaired) electrons. The van der Waals surface area contributed by atoms with Gasteiger partial charge in [0.1, 0.15) is 0 Å². The van der Waals surface area contributed by atoms with Gasteiger partial charge in [0, 0.05) is 16.5 Å². The highest BCUT2D eigenvalue weighted by molar-refractivity contribution is 14.1. The lowest BCUT2D eigenvalue weighted by Crippen LogP contribution is -2.35. The molecule has 0 amide bonds. The standard InChI is InChI=1S/C20H26INO4S/c21-18-7-4-5-8-19(18)27(25,26)22-13-17-15-11-10-14(12-15)16(17)6-2-1-3-9-20(23)24/h2,4-8,14-17,22H,1,3,9-13H2,(H,23,24)/b6-2-/t14-,15+,16+,17+/m1/s1. The van der Waals surface area contributed by atoms with Crippen LogP contribution in [0.1, 0.15) is 38.5 Å². The summed E-state index contributed by atoms with van der Waals surface area (Å²) in [4.78, 5) is 10.9. The van der Waals surface area contributed by atoms with E-state index in [0.29, 0.717) is 41.5 Å². The first-order chi connectivity index (χ1) is 12.9. The van der Waals surface area contributed by atoms with E-state index in [2.05, 4.69) is 39.5 Å². The molecule has 0 unspecified atom stereocenters. The predicted molar refractivity (Wildman–Crippen MR) is 113 cm³/mol. The maximum absolute atomic E-state index is 12.7. The van der Waals surface area contributed by atoms with Crippen LogP contribution in [0.5, 0.6) is 0 Å². The Kier molecular flexibility index (Phi) is 6.97. The average molecular weight is 503 g/mol. The maximum Gasteiger partial charge on any atom is 0.303 e. The SMILES string of the molecule is O=C(O)CCC/C=C\[C@H]1[C@@H]2CC[C@@H](C2)[C@@H]1CNS(=O)(=O)c1ccccc1I. The van der Waals surface area contributed by atoms with E-state index in [9.17, 15) is 13.2 Å². The number of rotatable bonds is 9. The van der Waals surface area contributed by atoms with Gasteiger partial charge < -0.3 is 5.11 Å². The highest BCUT2D eigenvalue weighted by atomic mass is 127. The number of carboxylic acids is 1. The zero-order valence-electron chi connectivity index (χ0n) is 15.2. The fourth-order valence-electron chi connectivity index (χ4n) is 4.63. The molecule has 2 bridgehead atoms. The van der Waals surface area contributed by atoms with Gasteiger partial charge in [0.15, 0.2) is 0 Å². The lowest BCUT2D eigenvalue weighted by molar-refractivity contribution is -0.137. The highest BCUT2D eigenvalue weighted by Gasteiger charge is 2.46. The summed E-state index contributed by atoms with van der Waals surface area (Å²) in [6.45, 7) is 0.471. The molecule has 5 nitrogen and oxygen atoms in total. The molecule has 2 N–H and O–H groups in total. The molecule has 0 aromatic heterocycles. The second-order valence-electron chi connectivity index (χ2n) is 7.57. The van der Waals surface area contributed by atoms with Gasteiger partial charge in [0.05, 0.1) is 4.90 Å². The first-order valence-corrected chi connectivity index (χ1v) is 12.1. The van der Waals surface area contributed by atoms with Crippen LogP contribution in [0.2, 0.25) is 0 Å². The molecule has 148 valence electrons. The van der Waals surface area contributed by atoms with Gasteiger partial charge in [-0.15, -0.1) is 0 Å². The van der Waals surface area contributed by atoms with Gasteiger partial charge in [-0.2, -0.15) is 0 Å². The summed E-state index contributed by atoms with van der Waals surface area (Å²) in [5, 5.41) is 8.72. The molecule has 2 aliphatic carbocycles. The molecule has 0 aliphatic heterocycles. The molecule has 2 saturated carbocycles. The van der Waals surface area contributed by atoms with Gasteiger partial charge in [0.25, 0.3) is 0 Å². The lowest BCUT2D eigenvalue weighted by Gasteiger charge is -2.29. The Bertz CT molecular complexity index is 808. The number of hydrogen-bond acceptors (Lipinski definition) is 3. The molecule has 27 heavy (non-hydrogen) atoms. The van der Waals surface area contributed by atoms with E-state index in [-0.39, 0.29) is 6.42 Å². The molecule has 1 aromatic rings. The van der Waals surface area contributed by atoms with Gasteiger partial charge in [0.2, 0.25) is 10.0 Å².